The highest BCUT2D eigenvalue weighted by atomic mass is 35.5. The van der Waals surface area contributed by atoms with Gasteiger partial charge in [-0.1, -0.05) is 18.5 Å². The Kier molecular flexibility index (Phi) is 4.32. The molecule has 1 aliphatic rings. The molecule has 6 nitrogen and oxygen atoms in total. The fourth-order valence-electron chi connectivity index (χ4n) is 2.36. The van der Waals surface area contributed by atoms with Gasteiger partial charge >= 0.3 is 0 Å². The van der Waals surface area contributed by atoms with E-state index in [0.29, 0.717) is 18.1 Å². The Labute approximate surface area is 123 Å². The van der Waals surface area contributed by atoms with E-state index in [1.54, 1.807) is 11.6 Å². The first-order valence-corrected chi connectivity index (χ1v) is 7.17. The molecule has 0 radical (unpaired) electrons. The van der Waals surface area contributed by atoms with E-state index in [0.717, 1.165) is 17.8 Å². The first kappa shape index (κ1) is 14.8. The number of nitrogens with one attached hydrogen (secondary N) is 1. The Hall–Kier alpha value is -1.56. The summed E-state index contributed by atoms with van der Waals surface area (Å²) >= 11 is 6.33. The van der Waals surface area contributed by atoms with Crippen LogP contribution >= 0.6 is 11.6 Å². The third-order valence-electron chi connectivity index (χ3n) is 3.43. The first-order valence-electron chi connectivity index (χ1n) is 6.80. The van der Waals surface area contributed by atoms with Crippen LogP contribution in [0, 0.1) is 0 Å². The summed E-state index contributed by atoms with van der Waals surface area (Å²) in [6.45, 7) is 6.70. The summed E-state index contributed by atoms with van der Waals surface area (Å²) in [5, 5.41) is 7.64. The van der Waals surface area contributed by atoms with E-state index in [2.05, 4.69) is 10.4 Å². The van der Waals surface area contributed by atoms with Gasteiger partial charge in [0.25, 0.3) is 0 Å². The van der Waals surface area contributed by atoms with E-state index in [-0.39, 0.29) is 18.4 Å². The van der Waals surface area contributed by atoms with Gasteiger partial charge < -0.3 is 10.2 Å². The number of aromatic nitrogens is 2. The molecule has 1 unspecified atom stereocenters. The predicted molar refractivity (Wildman–Crippen MR) is 75.3 cm³/mol. The lowest BCUT2D eigenvalue weighted by Crippen LogP contribution is -2.56. The van der Waals surface area contributed by atoms with Gasteiger partial charge in [0.15, 0.2) is 0 Å². The summed E-state index contributed by atoms with van der Waals surface area (Å²) in [6, 6.07) is -0.487. The zero-order chi connectivity index (χ0) is 14.9. The van der Waals surface area contributed by atoms with Gasteiger partial charge in [0, 0.05) is 6.54 Å². The molecule has 1 aromatic rings. The summed E-state index contributed by atoms with van der Waals surface area (Å²) in [5.74, 6) is -0.242. The molecular formula is C13H19ClN4O2. The van der Waals surface area contributed by atoms with E-state index < -0.39 is 6.04 Å². The highest BCUT2D eigenvalue weighted by Crippen LogP contribution is 2.23. The standard InChI is InChI=1S/C13H19ClN4O2/c1-4-9-12(14)10(18(5-2)16-9)6-17-7-11(19)15-8(3)13(17)20/h8H,4-7H2,1-3H3,(H,15,19). The van der Waals surface area contributed by atoms with E-state index in [1.807, 2.05) is 13.8 Å². The molecule has 2 rings (SSSR count). The molecule has 2 heterocycles. The van der Waals surface area contributed by atoms with Gasteiger partial charge in [-0.25, -0.2) is 0 Å². The number of carbonyl (C=O) groups excluding carboxylic acids is 2. The van der Waals surface area contributed by atoms with Crippen LogP contribution in [0.5, 0.6) is 0 Å². The SMILES string of the molecule is CCc1nn(CC)c(CN2CC(=O)NC(C)C2=O)c1Cl. The highest BCUT2D eigenvalue weighted by molar-refractivity contribution is 6.31. The van der Waals surface area contributed by atoms with Crippen molar-refractivity contribution in [2.45, 2.75) is 46.3 Å². The van der Waals surface area contributed by atoms with Crippen LogP contribution in [0.25, 0.3) is 0 Å². The topological polar surface area (TPSA) is 67.2 Å². The number of halogens is 1. The number of hydrogen-bond donors (Lipinski definition) is 1. The van der Waals surface area contributed by atoms with E-state index in [9.17, 15) is 9.59 Å². The predicted octanol–water partition coefficient (Wildman–Crippen LogP) is 0.966. The van der Waals surface area contributed by atoms with Crippen molar-refractivity contribution in [2.75, 3.05) is 6.54 Å². The fraction of sp³-hybridized carbons (Fsp3) is 0.615. The maximum absolute atomic E-state index is 12.1. The summed E-state index contributed by atoms with van der Waals surface area (Å²) in [7, 11) is 0. The van der Waals surface area contributed by atoms with Crippen LogP contribution in [0.15, 0.2) is 0 Å². The molecule has 0 aliphatic carbocycles. The van der Waals surface area contributed by atoms with Crippen molar-refractivity contribution in [3.8, 4) is 0 Å². The van der Waals surface area contributed by atoms with Crippen molar-refractivity contribution >= 4 is 23.4 Å². The second-order valence-corrected chi connectivity index (χ2v) is 5.24. The molecule has 0 spiro atoms. The summed E-state index contributed by atoms with van der Waals surface area (Å²) in [6.07, 6.45) is 0.740. The molecule has 1 saturated heterocycles. The molecule has 20 heavy (non-hydrogen) atoms. The van der Waals surface area contributed by atoms with Gasteiger partial charge in [-0.2, -0.15) is 5.10 Å². The smallest absolute Gasteiger partial charge is 0.245 e. The van der Waals surface area contributed by atoms with Gasteiger partial charge in [0.05, 0.1) is 23.0 Å². The van der Waals surface area contributed by atoms with Crippen LogP contribution in [-0.4, -0.2) is 39.1 Å². The monoisotopic (exact) mass is 298 g/mol. The van der Waals surface area contributed by atoms with E-state index in [4.69, 9.17) is 11.6 Å². The van der Waals surface area contributed by atoms with E-state index in [1.165, 1.54) is 4.90 Å². The number of hydrogen-bond acceptors (Lipinski definition) is 3. The Morgan fingerprint density at radius 1 is 1.40 bits per heavy atom. The molecule has 1 aliphatic heterocycles. The van der Waals surface area contributed by atoms with Crippen LogP contribution in [0.4, 0.5) is 0 Å². The molecule has 110 valence electrons. The molecule has 0 aromatic carbocycles. The van der Waals surface area contributed by atoms with Crippen LogP contribution in [0.1, 0.15) is 32.2 Å². The van der Waals surface area contributed by atoms with Crippen molar-refractivity contribution in [1.82, 2.24) is 20.0 Å². The van der Waals surface area contributed by atoms with Crippen molar-refractivity contribution in [3.05, 3.63) is 16.4 Å². The van der Waals surface area contributed by atoms with Crippen LogP contribution in [0.2, 0.25) is 5.02 Å². The Morgan fingerprint density at radius 2 is 2.10 bits per heavy atom. The number of piperazine rings is 1. The Bertz CT molecular complexity index is 541. The summed E-state index contributed by atoms with van der Waals surface area (Å²) in [4.78, 5) is 25.2. The molecule has 0 saturated carbocycles. The third-order valence-corrected chi connectivity index (χ3v) is 3.87. The van der Waals surface area contributed by atoms with Gasteiger partial charge in [0.2, 0.25) is 11.8 Å². The van der Waals surface area contributed by atoms with Crippen LogP contribution < -0.4 is 5.32 Å². The fourth-order valence-corrected chi connectivity index (χ4v) is 2.69. The molecule has 7 heteroatoms. The quantitative estimate of drug-likeness (QED) is 0.900. The normalized spacial score (nSPS) is 19.4. The van der Waals surface area contributed by atoms with Crippen molar-refractivity contribution in [3.63, 3.8) is 0 Å². The maximum Gasteiger partial charge on any atom is 0.245 e. The van der Waals surface area contributed by atoms with Gasteiger partial charge in [-0.05, 0) is 20.3 Å². The minimum absolute atomic E-state index is 0.0653. The van der Waals surface area contributed by atoms with Gasteiger partial charge in [0.1, 0.15) is 12.6 Å². The molecule has 1 atom stereocenters. The Morgan fingerprint density at radius 3 is 2.70 bits per heavy atom. The average Bonchev–Trinajstić information content (AvgIpc) is 2.72. The van der Waals surface area contributed by atoms with Crippen LogP contribution in [0.3, 0.4) is 0 Å². The molecule has 1 N–H and O–H groups in total. The average molecular weight is 299 g/mol. The van der Waals surface area contributed by atoms with Gasteiger partial charge in [-0.3, -0.25) is 14.3 Å². The number of rotatable bonds is 4. The second-order valence-electron chi connectivity index (χ2n) is 4.86. The lowest BCUT2D eigenvalue weighted by atomic mass is 10.2. The number of aryl methyl sites for hydroxylation is 2. The maximum atomic E-state index is 12.1. The summed E-state index contributed by atoms with van der Waals surface area (Å²) < 4.78 is 1.80. The highest BCUT2D eigenvalue weighted by Gasteiger charge is 2.31. The van der Waals surface area contributed by atoms with Crippen molar-refractivity contribution < 1.29 is 9.59 Å². The lowest BCUT2D eigenvalue weighted by Gasteiger charge is -2.30. The molecule has 2 amide bonds. The number of amides is 2. The van der Waals surface area contributed by atoms with Crippen molar-refractivity contribution in [2.24, 2.45) is 0 Å². The zero-order valence-electron chi connectivity index (χ0n) is 11.9. The van der Waals surface area contributed by atoms with Crippen molar-refractivity contribution in [1.29, 1.82) is 0 Å². The van der Waals surface area contributed by atoms with E-state index >= 15 is 0 Å². The largest absolute Gasteiger partial charge is 0.343 e. The third kappa shape index (κ3) is 2.65. The number of carbonyl (C=O) groups is 2. The Balaban J connectivity index is 2.27. The minimum Gasteiger partial charge on any atom is -0.343 e. The second kappa shape index (κ2) is 5.83. The molecular weight excluding hydrogens is 280 g/mol. The lowest BCUT2D eigenvalue weighted by molar-refractivity contribution is -0.144. The molecule has 0 bridgehead atoms. The molecule has 1 aromatic heterocycles. The number of nitrogens with zero attached hydrogens (tertiary/aromatic N) is 3. The minimum atomic E-state index is -0.487. The van der Waals surface area contributed by atoms with Crippen LogP contribution in [-0.2, 0) is 29.1 Å². The van der Waals surface area contributed by atoms with Gasteiger partial charge in [-0.15, -0.1) is 0 Å². The summed E-state index contributed by atoms with van der Waals surface area (Å²) in [5.41, 5.74) is 1.62. The molecule has 1 fully saturated rings. The first-order chi connectivity index (χ1) is 9.47. The zero-order valence-corrected chi connectivity index (χ0v) is 12.7.